The fourth-order valence-corrected chi connectivity index (χ4v) is 2.12. The van der Waals surface area contributed by atoms with Gasteiger partial charge in [0, 0.05) is 12.5 Å². The van der Waals surface area contributed by atoms with Crippen LogP contribution in [0.3, 0.4) is 0 Å². The Morgan fingerprint density at radius 3 is 2.53 bits per heavy atom. The summed E-state index contributed by atoms with van der Waals surface area (Å²) >= 11 is 0. The van der Waals surface area contributed by atoms with Gasteiger partial charge >= 0.3 is 0 Å². The van der Waals surface area contributed by atoms with Gasteiger partial charge in [-0.3, -0.25) is 0 Å². The average Bonchev–Trinajstić information content (AvgIpc) is 2.15. The van der Waals surface area contributed by atoms with Crippen molar-refractivity contribution in [1.29, 1.82) is 0 Å². The van der Waals surface area contributed by atoms with Gasteiger partial charge in [0.25, 0.3) is 0 Å². The Bertz CT molecular complexity index is 166. The molecular weight excluding hydrogens is 188 g/mol. The molecule has 0 spiro atoms. The quantitative estimate of drug-likeness (QED) is 0.698. The lowest BCUT2D eigenvalue weighted by Crippen LogP contribution is -2.33. The Balaban J connectivity index is 2.35. The molecule has 0 aromatic carbocycles. The zero-order chi connectivity index (χ0) is 11.3. The summed E-state index contributed by atoms with van der Waals surface area (Å²) in [6.07, 6.45) is 3.74. The summed E-state index contributed by atoms with van der Waals surface area (Å²) in [5, 5.41) is 0. The molecule has 0 N–H and O–H groups in total. The van der Waals surface area contributed by atoms with Crippen LogP contribution in [0.15, 0.2) is 0 Å². The normalized spacial score (nSPS) is 27.6. The maximum atomic E-state index is 5.84. The van der Waals surface area contributed by atoms with Crippen molar-refractivity contribution >= 4 is 0 Å². The Morgan fingerprint density at radius 2 is 1.93 bits per heavy atom. The predicted octanol–water partition coefficient (Wildman–Crippen LogP) is 3.46. The fourth-order valence-electron chi connectivity index (χ4n) is 2.12. The lowest BCUT2D eigenvalue weighted by molar-refractivity contribution is -0.199. The fraction of sp³-hybridized carbons (Fsp3) is 1.00. The number of rotatable bonds is 5. The zero-order valence-corrected chi connectivity index (χ0v) is 10.7. The van der Waals surface area contributed by atoms with Crippen molar-refractivity contribution in [3.05, 3.63) is 0 Å². The van der Waals surface area contributed by atoms with Crippen LogP contribution in [-0.2, 0) is 9.47 Å². The molecular formula is C13H26O2. The first-order valence-corrected chi connectivity index (χ1v) is 6.32. The van der Waals surface area contributed by atoms with Crippen molar-refractivity contribution in [3.8, 4) is 0 Å². The molecule has 0 aromatic heterocycles. The van der Waals surface area contributed by atoms with Crippen LogP contribution in [0.1, 0.15) is 47.0 Å². The molecule has 1 aliphatic heterocycles. The third kappa shape index (κ3) is 4.98. The van der Waals surface area contributed by atoms with Gasteiger partial charge in [-0.2, -0.15) is 0 Å². The Kier molecular flexibility index (Phi) is 5.62. The third-order valence-electron chi connectivity index (χ3n) is 2.75. The SMILES string of the molecule is CC(C)COC1OCCCC1CC(C)C. The Morgan fingerprint density at radius 1 is 1.20 bits per heavy atom. The van der Waals surface area contributed by atoms with Gasteiger partial charge in [-0.05, 0) is 31.1 Å². The molecule has 15 heavy (non-hydrogen) atoms. The molecule has 2 heteroatoms. The van der Waals surface area contributed by atoms with Crippen LogP contribution in [0.2, 0.25) is 0 Å². The van der Waals surface area contributed by atoms with Crippen molar-refractivity contribution in [1.82, 2.24) is 0 Å². The van der Waals surface area contributed by atoms with Gasteiger partial charge in [0.05, 0.1) is 6.61 Å². The van der Waals surface area contributed by atoms with Gasteiger partial charge in [0.15, 0.2) is 6.29 Å². The van der Waals surface area contributed by atoms with Gasteiger partial charge in [-0.15, -0.1) is 0 Å². The lowest BCUT2D eigenvalue weighted by atomic mass is 9.91. The Labute approximate surface area is 94.3 Å². The first-order valence-electron chi connectivity index (χ1n) is 6.32. The standard InChI is InChI=1S/C13H26O2/c1-10(2)8-12-6-5-7-14-13(12)15-9-11(3)4/h10-13H,5-9H2,1-4H3. The van der Waals surface area contributed by atoms with Gasteiger partial charge in [0.1, 0.15) is 0 Å². The second-order valence-corrected chi connectivity index (χ2v) is 5.50. The first kappa shape index (κ1) is 13.0. The van der Waals surface area contributed by atoms with Gasteiger partial charge in [0.2, 0.25) is 0 Å². The summed E-state index contributed by atoms with van der Waals surface area (Å²) in [6, 6.07) is 0. The van der Waals surface area contributed by atoms with E-state index in [0.29, 0.717) is 11.8 Å². The summed E-state index contributed by atoms with van der Waals surface area (Å²) < 4.78 is 11.6. The van der Waals surface area contributed by atoms with Crippen molar-refractivity contribution < 1.29 is 9.47 Å². The number of ether oxygens (including phenoxy) is 2. The molecule has 1 aliphatic rings. The van der Waals surface area contributed by atoms with E-state index in [9.17, 15) is 0 Å². The number of hydrogen-bond acceptors (Lipinski definition) is 2. The highest BCUT2D eigenvalue weighted by Crippen LogP contribution is 2.28. The molecule has 2 nitrogen and oxygen atoms in total. The summed E-state index contributed by atoms with van der Waals surface area (Å²) in [4.78, 5) is 0. The van der Waals surface area contributed by atoms with E-state index in [1.807, 2.05) is 0 Å². The second kappa shape index (κ2) is 6.49. The van der Waals surface area contributed by atoms with E-state index in [4.69, 9.17) is 9.47 Å². The molecule has 1 rings (SSSR count). The highest BCUT2D eigenvalue weighted by atomic mass is 16.7. The molecule has 1 heterocycles. The van der Waals surface area contributed by atoms with Crippen molar-refractivity contribution in [2.45, 2.75) is 53.2 Å². The van der Waals surface area contributed by atoms with E-state index >= 15 is 0 Å². The van der Waals surface area contributed by atoms with Crippen LogP contribution in [0.4, 0.5) is 0 Å². The van der Waals surface area contributed by atoms with Gasteiger partial charge < -0.3 is 9.47 Å². The molecule has 0 radical (unpaired) electrons. The summed E-state index contributed by atoms with van der Waals surface area (Å²) in [7, 11) is 0. The molecule has 0 aliphatic carbocycles. The minimum Gasteiger partial charge on any atom is -0.352 e. The first-order chi connectivity index (χ1) is 7.09. The Hall–Kier alpha value is -0.0800. The molecule has 2 atom stereocenters. The van der Waals surface area contributed by atoms with Crippen molar-refractivity contribution in [2.24, 2.45) is 17.8 Å². The van der Waals surface area contributed by atoms with Crippen LogP contribution in [0.25, 0.3) is 0 Å². The summed E-state index contributed by atoms with van der Waals surface area (Å²) in [6.45, 7) is 10.6. The number of hydrogen-bond donors (Lipinski definition) is 0. The van der Waals surface area contributed by atoms with Crippen LogP contribution < -0.4 is 0 Å². The van der Waals surface area contributed by atoms with E-state index in [0.717, 1.165) is 19.1 Å². The van der Waals surface area contributed by atoms with E-state index in [1.54, 1.807) is 0 Å². The molecule has 1 fully saturated rings. The monoisotopic (exact) mass is 214 g/mol. The highest BCUT2D eigenvalue weighted by Gasteiger charge is 2.27. The maximum Gasteiger partial charge on any atom is 0.160 e. The second-order valence-electron chi connectivity index (χ2n) is 5.50. The van der Waals surface area contributed by atoms with E-state index in [2.05, 4.69) is 27.7 Å². The van der Waals surface area contributed by atoms with Crippen LogP contribution in [0, 0.1) is 17.8 Å². The lowest BCUT2D eigenvalue weighted by Gasteiger charge is -2.33. The van der Waals surface area contributed by atoms with Crippen LogP contribution in [0.5, 0.6) is 0 Å². The summed E-state index contributed by atoms with van der Waals surface area (Å²) in [5.74, 6) is 1.94. The third-order valence-corrected chi connectivity index (χ3v) is 2.75. The minimum absolute atomic E-state index is 0.0588. The van der Waals surface area contributed by atoms with E-state index in [1.165, 1.54) is 19.3 Å². The molecule has 2 unspecified atom stereocenters. The van der Waals surface area contributed by atoms with Crippen molar-refractivity contribution in [2.75, 3.05) is 13.2 Å². The average molecular weight is 214 g/mol. The summed E-state index contributed by atoms with van der Waals surface area (Å²) in [5.41, 5.74) is 0. The molecule has 90 valence electrons. The molecule has 0 saturated carbocycles. The predicted molar refractivity (Wildman–Crippen MR) is 62.7 cm³/mol. The van der Waals surface area contributed by atoms with Gasteiger partial charge in [-0.25, -0.2) is 0 Å². The molecule has 1 saturated heterocycles. The van der Waals surface area contributed by atoms with Crippen molar-refractivity contribution in [3.63, 3.8) is 0 Å². The highest BCUT2D eigenvalue weighted by molar-refractivity contribution is 4.70. The largest absolute Gasteiger partial charge is 0.352 e. The smallest absolute Gasteiger partial charge is 0.160 e. The van der Waals surface area contributed by atoms with E-state index in [-0.39, 0.29) is 6.29 Å². The van der Waals surface area contributed by atoms with Gasteiger partial charge in [-0.1, -0.05) is 27.7 Å². The van der Waals surface area contributed by atoms with Crippen LogP contribution >= 0.6 is 0 Å². The van der Waals surface area contributed by atoms with E-state index < -0.39 is 0 Å². The maximum absolute atomic E-state index is 5.84. The van der Waals surface area contributed by atoms with Crippen LogP contribution in [-0.4, -0.2) is 19.5 Å². The zero-order valence-electron chi connectivity index (χ0n) is 10.7. The minimum atomic E-state index is 0.0588. The molecule has 0 amide bonds. The molecule has 0 bridgehead atoms. The molecule has 0 aromatic rings. The topological polar surface area (TPSA) is 18.5 Å².